The molecule has 0 unspecified atom stereocenters. The normalized spacial score (nSPS) is 12.1. The molecule has 1 heterocycles. The Bertz CT molecular complexity index is 491. The summed E-state index contributed by atoms with van der Waals surface area (Å²) in [5.41, 5.74) is 4.53. The average Bonchev–Trinajstić information content (AvgIpc) is 2.06. The van der Waals surface area contributed by atoms with Crippen molar-refractivity contribution in [1.29, 1.82) is 0 Å². The van der Waals surface area contributed by atoms with Gasteiger partial charge in [0.05, 0.1) is 11.3 Å². The van der Waals surface area contributed by atoms with Gasteiger partial charge in [0.25, 0.3) is 16.4 Å². The Kier molecular flexibility index (Phi) is 3.45. The summed E-state index contributed by atoms with van der Waals surface area (Å²) in [7, 11) is -4.27. The van der Waals surface area contributed by atoms with Crippen LogP contribution in [0.2, 0.25) is 0 Å². The lowest BCUT2D eigenvalue weighted by Crippen LogP contribution is -2.18. The van der Waals surface area contributed by atoms with Crippen molar-refractivity contribution in [3.8, 4) is 0 Å². The molecule has 84 valence electrons. The Morgan fingerprint density at radius 2 is 2.00 bits per heavy atom. The number of nitrogens with zero attached hydrogens (tertiary/aromatic N) is 1. The maximum absolute atomic E-state index is 12.5. The minimum Gasteiger partial charge on any atom is -0.397 e. The fraction of sp³-hybridized carbons (Fsp3) is 0.167. The van der Waals surface area contributed by atoms with Gasteiger partial charge in [-0.25, -0.2) is 27.3 Å². The van der Waals surface area contributed by atoms with Crippen LogP contribution in [-0.4, -0.2) is 13.4 Å². The summed E-state index contributed by atoms with van der Waals surface area (Å²) >= 11 is 1.63. The number of primary sulfonamides is 1. The molecule has 0 aliphatic rings. The van der Waals surface area contributed by atoms with Crippen molar-refractivity contribution in [3.05, 3.63) is 15.3 Å². The Balaban J connectivity index is 3.56. The zero-order chi connectivity index (χ0) is 11.8. The first-order chi connectivity index (χ1) is 6.73. The Hall–Kier alpha value is -0.550. The zero-order valence-corrected chi connectivity index (χ0v) is 10.1. The number of nitrogens with two attached hydrogens (primary N) is 2. The highest BCUT2D eigenvalue weighted by atomic mass is 127. The third-order valence-corrected chi connectivity index (χ3v) is 3.23. The second-order valence-electron chi connectivity index (χ2n) is 2.61. The highest BCUT2D eigenvalue weighted by Gasteiger charge is 2.23. The standard InChI is InChI=1S/C6H6F2IN3O2S/c7-4(8)2-1-3(10)5(9)12-6(2)15(11,13)14/h1,4H,10H2,(H2,11,13,14). The van der Waals surface area contributed by atoms with E-state index in [2.05, 4.69) is 4.98 Å². The highest BCUT2D eigenvalue weighted by molar-refractivity contribution is 14.1. The van der Waals surface area contributed by atoms with Gasteiger partial charge < -0.3 is 5.73 Å². The van der Waals surface area contributed by atoms with Crippen molar-refractivity contribution < 1.29 is 17.2 Å². The summed E-state index contributed by atoms with van der Waals surface area (Å²) in [5, 5.41) is 3.91. The molecule has 0 aliphatic carbocycles. The topological polar surface area (TPSA) is 99.1 Å². The summed E-state index contributed by atoms with van der Waals surface area (Å²) in [5.74, 6) is 0. The molecular weight excluding hydrogens is 343 g/mol. The minimum atomic E-state index is -4.27. The predicted molar refractivity (Wildman–Crippen MR) is 57.7 cm³/mol. The fourth-order valence-electron chi connectivity index (χ4n) is 0.891. The van der Waals surface area contributed by atoms with E-state index in [1.165, 1.54) is 0 Å². The third kappa shape index (κ3) is 2.72. The molecule has 1 rings (SSSR count). The van der Waals surface area contributed by atoms with Crippen molar-refractivity contribution >= 4 is 38.3 Å². The van der Waals surface area contributed by atoms with Gasteiger partial charge in [0.1, 0.15) is 3.70 Å². The highest BCUT2D eigenvalue weighted by Crippen LogP contribution is 2.28. The monoisotopic (exact) mass is 349 g/mol. The molecule has 4 N–H and O–H groups in total. The van der Waals surface area contributed by atoms with Crippen LogP contribution in [0.25, 0.3) is 0 Å². The summed E-state index contributed by atoms with van der Waals surface area (Å²) < 4.78 is 46.9. The number of aromatic nitrogens is 1. The Morgan fingerprint density at radius 1 is 1.47 bits per heavy atom. The second kappa shape index (κ2) is 4.14. The number of anilines is 1. The van der Waals surface area contributed by atoms with Crippen LogP contribution in [-0.2, 0) is 10.0 Å². The van der Waals surface area contributed by atoms with Gasteiger partial charge in [0.2, 0.25) is 0 Å². The molecule has 0 fully saturated rings. The van der Waals surface area contributed by atoms with E-state index in [4.69, 9.17) is 10.9 Å². The van der Waals surface area contributed by atoms with Gasteiger partial charge in [-0.05, 0) is 28.7 Å². The average molecular weight is 349 g/mol. The van der Waals surface area contributed by atoms with E-state index in [0.29, 0.717) is 0 Å². The van der Waals surface area contributed by atoms with E-state index >= 15 is 0 Å². The van der Waals surface area contributed by atoms with Crippen molar-refractivity contribution in [2.75, 3.05) is 5.73 Å². The summed E-state index contributed by atoms with van der Waals surface area (Å²) in [6, 6.07) is 0.860. The zero-order valence-electron chi connectivity index (χ0n) is 7.12. The summed E-state index contributed by atoms with van der Waals surface area (Å²) in [6.45, 7) is 0. The molecule has 0 bridgehead atoms. The first kappa shape index (κ1) is 12.5. The van der Waals surface area contributed by atoms with Crippen LogP contribution >= 0.6 is 22.6 Å². The molecule has 0 saturated carbocycles. The number of hydrogen-bond acceptors (Lipinski definition) is 4. The van der Waals surface area contributed by atoms with Gasteiger partial charge in [-0.3, -0.25) is 0 Å². The van der Waals surface area contributed by atoms with E-state index in [1.807, 2.05) is 0 Å². The predicted octanol–water partition coefficient (Wildman–Crippen LogP) is 0.853. The van der Waals surface area contributed by atoms with E-state index in [1.54, 1.807) is 22.6 Å². The molecule has 0 amide bonds. The van der Waals surface area contributed by atoms with E-state index < -0.39 is 27.0 Å². The van der Waals surface area contributed by atoms with Crippen LogP contribution < -0.4 is 10.9 Å². The van der Waals surface area contributed by atoms with Gasteiger partial charge in [-0.2, -0.15) is 0 Å². The van der Waals surface area contributed by atoms with Crippen LogP contribution in [0.1, 0.15) is 12.0 Å². The SMILES string of the molecule is Nc1cc(C(F)F)c(S(N)(=O)=O)nc1I. The number of sulfonamides is 1. The third-order valence-electron chi connectivity index (χ3n) is 1.50. The molecule has 0 aliphatic heterocycles. The van der Waals surface area contributed by atoms with Crippen LogP contribution in [0.3, 0.4) is 0 Å². The Labute approximate surface area is 98.0 Å². The maximum atomic E-state index is 12.5. The lowest BCUT2D eigenvalue weighted by atomic mass is 10.3. The number of alkyl halides is 2. The fourth-order valence-corrected chi connectivity index (χ4v) is 2.15. The van der Waals surface area contributed by atoms with Crippen molar-refractivity contribution in [2.24, 2.45) is 5.14 Å². The number of rotatable bonds is 2. The molecule has 0 radical (unpaired) electrons. The van der Waals surface area contributed by atoms with E-state index in [9.17, 15) is 17.2 Å². The number of nitrogen functional groups attached to an aromatic ring is 1. The number of hydrogen-bond donors (Lipinski definition) is 2. The van der Waals surface area contributed by atoms with Gasteiger partial charge in [-0.1, -0.05) is 0 Å². The van der Waals surface area contributed by atoms with Crippen LogP contribution in [0.5, 0.6) is 0 Å². The van der Waals surface area contributed by atoms with E-state index in [0.717, 1.165) is 6.07 Å². The van der Waals surface area contributed by atoms with Gasteiger partial charge in [0, 0.05) is 0 Å². The molecule has 0 saturated heterocycles. The molecule has 15 heavy (non-hydrogen) atoms. The first-order valence-electron chi connectivity index (χ1n) is 3.50. The number of pyridine rings is 1. The number of halogens is 3. The largest absolute Gasteiger partial charge is 0.397 e. The van der Waals surface area contributed by atoms with Crippen LogP contribution in [0, 0.1) is 3.70 Å². The van der Waals surface area contributed by atoms with Crippen LogP contribution in [0.15, 0.2) is 11.1 Å². The second-order valence-corrected chi connectivity index (χ2v) is 5.11. The molecule has 1 aromatic heterocycles. The van der Waals surface area contributed by atoms with Crippen molar-refractivity contribution in [1.82, 2.24) is 4.98 Å². The van der Waals surface area contributed by atoms with Gasteiger partial charge in [0.15, 0.2) is 5.03 Å². The lowest BCUT2D eigenvalue weighted by molar-refractivity contribution is 0.147. The van der Waals surface area contributed by atoms with Crippen molar-refractivity contribution in [3.63, 3.8) is 0 Å². The summed E-state index contributed by atoms with van der Waals surface area (Å²) in [4.78, 5) is 3.43. The molecular formula is C6H6F2IN3O2S. The molecule has 0 atom stereocenters. The van der Waals surface area contributed by atoms with E-state index in [-0.39, 0.29) is 9.39 Å². The minimum absolute atomic E-state index is 0.0155. The van der Waals surface area contributed by atoms with Crippen LogP contribution in [0.4, 0.5) is 14.5 Å². The maximum Gasteiger partial charge on any atom is 0.266 e. The smallest absolute Gasteiger partial charge is 0.266 e. The lowest BCUT2D eigenvalue weighted by Gasteiger charge is -2.08. The van der Waals surface area contributed by atoms with Crippen molar-refractivity contribution in [2.45, 2.75) is 11.5 Å². The quantitative estimate of drug-likeness (QED) is 0.611. The Morgan fingerprint density at radius 3 is 2.40 bits per heavy atom. The molecule has 0 aromatic carbocycles. The summed E-state index contributed by atoms with van der Waals surface area (Å²) in [6.07, 6.45) is -3.00. The van der Waals surface area contributed by atoms with Gasteiger partial charge in [-0.15, -0.1) is 0 Å². The molecule has 1 aromatic rings. The van der Waals surface area contributed by atoms with Gasteiger partial charge >= 0.3 is 0 Å². The molecule has 9 heteroatoms. The molecule has 0 spiro atoms. The molecule has 5 nitrogen and oxygen atoms in total. The first-order valence-corrected chi connectivity index (χ1v) is 6.13.